The van der Waals surface area contributed by atoms with Crippen molar-refractivity contribution in [2.24, 2.45) is 0 Å². The molecule has 0 unspecified atom stereocenters. The zero-order valence-electron chi connectivity index (χ0n) is 11.6. The molecule has 0 radical (unpaired) electrons. The van der Waals surface area contributed by atoms with Gasteiger partial charge < -0.3 is 0 Å². The van der Waals surface area contributed by atoms with Crippen LogP contribution in [-0.4, -0.2) is 17.3 Å². The van der Waals surface area contributed by atoms with E-state index in [2.05, 4.69) is 0 Å². The maximum Gasteiger partial charge on any atom is 0.196 e. The van der Waals surface area contributed by atoms with Crippen LogP contribution in [0.2, 0.25) is 0 Å². The normalized spacial score (nSPS) is 11.0. The first-order valence-corrected chi connectivity index (χ1v) is 6.51. The number of allylic oxidation sites excluding steroid dienone is 2. The number of Topliss-reactive ketones (excluding diaryl/α,β-unsaturated/α-hetero) is 2. The molecule has 0 fully saturated rings. The van der Waals surface area contributed by atoms with Gasteiger partial charge in [0.1, 0.15) is 0 Å². The van der Waals surface area contributed by atoms with Crippen molar-refractivity contribution in [3.05, 3.63) is 83.4 Å². The van der Waals surface area contributed by atoms with Crippen LogP contribution in [0.15, 0.2) is 72.3 Å². The Hall–Kier alpha value is -2.81. The first-order chi connectivity index (χ1) is 10.1. The molecule has 0 saturated carbocycles. The summed E-state index contributed by atoms with van der Waals surface area (Å²) in [7, 11) is 0. The predicted octanol–water partition coefficient (Wildman–Crippen LogP) is 3.27. The number of hydrogen-bond donors (Lipinski definition) is 0. The molecule has 0 N–H and O–H groups in total. The molecule has 104 valence electrons. The van der Waals surface area contributed by atoms with E-state index in [-0.39, 0.29) is 11.4 Å². The van der Waals surface area contributed by atoms with E-state index in [0.29, 0.717) is 11.1 Å². The van der Waals surface area contributed by atoms with Crippen molar-refractivity contribution in [2.45, 2.75) is 6.92 Å². The van der Waals surface area contributed by atoms with Crippen LogP contribution >= 0.6 is 0 Å². The van der Waals surface area contributed by atoms with Gasteiger partial charge in [-0.1, -0.05) is 60.7 Å². The molecular formula is C18H14O3. The van der Waals surface area contributed by atoms with Gasteiger partial charge in [-0.15, -0.1) is 0 Å². The van der Waals surface area contributed by atoms with Gasteiger partial charge in [-0.2, -0.15) is 0 Å². The van der Waals surface area contributed by atoms with Crippen LogP contribution in [0.4, 0.5) is 0 Å². The van der Waals surface area contributed by atoms with Crippen LogP contribution in [0.5, 0.6) is 0 Å². The standard InChI is InChI=1S/C18H14O3/c1-13(19)16(18(21)15-10-6-3-7-11-15)12-17(20)14-8-4-2-5-9-14/h2-12H,1H3. The number of carbonyl (C=O) groups excluding carboxylic acids is 3. The summed E-state index contributed by atoms with van der Waals surface area (Å²) in [6.45, 7) is 1.28. The molecule has 21 heavy (non-hydrogen) atoms. The largest absolute Gasteiger partial charge is 0.294 e. The molecule has 0 atom stereocenters. The maximum atomic E-state index is 12.3. The minimum Gasteiger partial charge on any atom is -0.294 e. The fourth-order valence-corrected chi connectivity index (χ4v) is 1.89. The Labute approximate surface area is 122 Å². The molecule has 0 aromatic heterocycles. The Bertz CT molecular complexity index is 698. The van der Waals surface area contributed by atoms with Gasteiger partial charge in [-0.05, 0) is 6.92 Å². The summed E-state index contributed by atoms with van der Waals surface area (Å²) in [6, 6.07) is 17.0. The average Bonchev–Trinajstić information content (AvgIpc) is 2.53. The van der Waals surface area contributed by atoms with Gasteiger partial charge in [0.15, 0.2) is 17.3 Å². The first-order valence-electron chi connectivity index (χ1n) is 6.51. The first kappa shape index (κ1) is 14.6. The quantitative estimate of drug-likeness (QED) is 0.365. The lowest BCUT2D eigenvalue weighted by Crippen LogP contribution is -2.12. The second-order valence-corrected chi connectivity index (χ2v) is 4.54. The number of rotatable bonds is 5. The molecule has 2 aromatic rings. The number of hydrogen-bond acceptors (Lipinski definition) is 3. The van der Waals surface area contributed by atoms with Crippen molar-refractivity contribution >= 4 is 17.3 Å². The average molecular weight is 278 g/mol. The number of carbonyl (C=O) groups is 3. The van der Waals surface area contributed by atoms with E-state index in [1.807, 2.05) is 0 Å². The molecule has 0 bridgehead atoms. The summed E-state index contributed by atoms with van der Waals surface area (Å²) in [4.78, 5) is 36.1. The van der Waals surface area contributed by atoms with Crippen LogP contribution in [0, 0.1) is 0 Å². The van der Waals surface area contributed by atoms with Crippen molar-refractivity contribution < 1.29 is 14.4 Å². The lowest BCUT2D eigenvalue weighted by atomic mass is 9.98. The molecule has 0 saturated heterocycles. The summed E-state index contributed by atoms with van der Waals surface area (Å²) in [5.74, 6) is -1.22. The Kier molecular flexibility index (Phi) is 4.57. The predicted molar refractivity (Wildman–Crippen MR) is 80.3 cm³/mol. The highest BCUT2D eigenvalue weighted by Crippen LogP contribution is 2.11. The second kappa shape index (κ2) is 6.57. The van der Waals surface area contributed by atoms with Gasteiger partial charge in [0.05, 0.1) is 5.57 Å². The maximum absolute atomic E-state index is 12.3. The highest BCUT2D eigenvalue weighted by atomic mass is 16.2. The minimum absolute atomic E-state index is 0.102. The van der Waals surface area contributed by atoms with Crippen LogP contribution in [0.3, 0.4) is 0 Å². The highest BCUT2D eigenvalue weighted by molar-refractivity contribution is 6.28. The lowest BCUT2D eigenvalue weighted by Gasteiger charge is -2.03. The SMILES string of the molecule is CC(=O)C(=CC(=O)c1ccccc1)C(=O)c1ccccc1. The van der Waals surface area contributed by atoms with E-state index in [1.54, 1.807) is 60.7 Å². The summed E-state index contributed by atoms with van der Waals surface area (Å²) < 4.78 is 0. The van der Waals surface area contributed by atoms with E-state index in [4.69, 9.17) is 0 Å². The summed E-state index contributed by atoms with van der Waals surface area (Å²) in [5, 5.41) is 0. The monoisotopic (exact) mass is 278 g/mol. The fraction of sp³-hybridized carbons (Fsp3) is 0.0556. The van der Waals surface area contributed by atoms with Crippen molar-refractivity contribution in [1.29, 1.82) is 0 Å². The van der Waals surface area contributed by atoms with E-state index in [9.17, 15) is 14.4 Å². The second-order valence-electron chi connectivity index (χ2n) is 4.54. The molecule has 3 nitrogen and oxygen atoms in total. The van der Waals surface area contributed by atoms with Crippen molar-refractivity contribution in [3.63, 3.8) is 0 Å². The minimum atomic E-state index is -0.438. The van der Waals surface area contributed by atoms with Gasteiger partial charge in [-0.25, -0.2) is 0 Å². The van der Waals surface area contributed by atoms with Gasteiger partial charge in [0, 0.05) is 17.2 Å². The highest BCUT2D eigenvalue weighted by Gasteiger charge is 2.18. The van der Waals surface area contributed by atoms with E-state index >= 15 is 0 Å². The molecule has 0 amide bonds. The van der Waals surface area contributed by atoms with E-state index in [1.165, 1.54) is 6.92 Å². The van der Waals surface area contributed by atoms with Gasteiger partial charge in [0.25, 0.3) is 0 Å². The van der Waals surface area contributed by atoms with Crippen LogP contribution in [0.1, 0.15) is 27.6 Å². The Morgan fingerprint density at radius 3 is 1.71 bits per heavy atom. The molecule has 2 rings (SSSR count). The van der Waals surface area contributed by atoms with Crippen LogP contribution < -0.4 is 0 Å². The third-order valence-corrected chi connectivity index (χ3v) is 2.99. The smallest absolute Gasteiger partial charge is 0.196 e. The van der Waals surface area contributed by atoms with Crippen LogP contribution in [0.25, 0.3) is 0 Å². The lowest BCUT2D eigenvalue weighted by molar-refractivity contribution is -0.113. The third kappa shape index (κ3) is 3.60. The van der Waals surface area contributed by atoms with E-state index in [0.717, 1.165) is 6.08 Å². The number of benzene rings is 2. The van der Waals surface area contributed by atoms with Gasteiger partial charge >= 0.3 is 0 Å². The molecule has 3 heteroatoms. The number of ketones is 3. The third-order valence-electron chi connectivity index (χ3n) is 2.99. The van der Waals surface area contributed by atoms with Crippen molar-refractivity contribution in [2.75, 3.05) is 0 Å². The summed E-state index contributed by atoms with van der Waals surface area (Å²) >= 11 is 0. The fourth-order valence-electron chi connectivity index (χ4n) is 1.89. The Morgan fingerprint density at radius 1 is 0.762 bits per heavy atom. The van der Waals surface area contributed by atoms with Gasteiger partial charge in [0.2, 0.25) is 0 Å². The molecule has 0 aliphatic heterocycles. The summed E-state index contributed by atoms with van der Waals surface area (Å²) in [6.07, 6.45) is 1.12. The van der Waals surface area contributed by atoms with Gasteiger partial charge in [-0.3, -0.25) is 14.4 Å². The molecule has 0 heterocycles. The molecule has 0 spiro atoms. The van der Waals surface area contributed by atoms with E-state index < -0.39 is 11.6 Å². The van der Waals surface area contributed by atoms with Crippen molar-refractivity contribution in [3.8, 4) is 0 Å². The molecule has 0 aliphatic carbocycles. The summed E-state index contributed by atoms with van der Waals surface area (Å²) in [5.41, 5.74) is 0.729. The van der Waals surface area contributed by atoms with Crippen LogP contribution in [-0.2, 0) is 4.79 Å². The molecule has 2 aromatic carbocycles. The molecule has 0 aliphatic rings. The zero-order valence-corrected chi connectivity index (χ0v) is 11.6. The Balaban J connectivity index is 2.36. The van der Waals surface area contributed by atoms with Crippen molar-refractivity contribution in [1.82, 2.24) is 0 Å². The topological polar surface area (TPSA) is 51.2 Å². The Morgan fingerprint density at radius 2 is 1.24 bits per heavy atom. The zero-order chi connectivity index (χ0) is 15.2. The molecular weight excluding hydrogens is 264 g/mol.